The quantitative estimate of drug-likeness (QED) is 0.277. The van der Waals surface area contributed by atoms with Crippen molar-refractivity contribution in [2.45, 2.75) is 37.1 Å². The fourth-order valence-electron chi connectivity index (χ4n) is 3.44. The molecule has 0 amide bonds. The number of aliphatic hydroxyl groups excluding tert-OH is 1. The molecule has 3 nitrogen and oxygen atoms in total. The first-order chi connectivity index (χ1) is 17.9. The van der Waals surface area contributed by atoms with E-state index in [1.165, 1.54) is 24.3 Å². The lowest BCUT2D eigenvalue weighted by molar-refractivity contribution is -0.289. The smallest absolute Gasteiger partial charge is 0.457 e. The molecule has 3 aromatic rings. The van der Waals surface area contributed by atoms with E-state index in [-0.39, 0.29) is 22.7 Å². The van der Waals surface area contributed by atoms with Crippen molar-refractivity contribution in [1.29, 1.82) is 0 Å². The Morgan fingerprint density at radius 1 is 0.692 bits per heavy atom. The van der Waals surface area contributed by atoms with Crippen LogP contribution in [0.3, 0.4) is 0 Å². The fraction of sp³-hybridized carbons (Fsp3) is 0.280. The highest BCUT2D eigenvalue weighted by atomic mass is 19.4. The molecule has 39 heavy (non-hydrogen) atoms. The maximum atomic E-state index is 13.8. The van der Waals surface area contributed by atoms with Gasteiger partial charge in [-0.25, -0.2) is 0 Å². The molecule has 3 aromatic carbocycles. The number of benzene rings is 3. The topological polar surface area (TPSA) is 32.7 Å². The van der Waals surface area contributed by atoms with Crippen molar-refractivity contribution in [1.82, 2.24) is 0 Å². The van der Waals surface area contributed by atoms with Gasteiger partial charge in [-0.15, -0.1) is 0 Å². The monoisotopic (exact) mass is 573 g/mol. The summed E-state index contributed by atoms with van der Waals surface area (Å²) >= 11 is 0. The molecule has 1 unspecified atom stereocenters. The highest BCUT2D eigenvalue weighted by Gasteiger charge is 2.58. The average Bonchev–Trinajstić information content (AvgIpc) is 2.82. The number of ether oxygens (including phenoxy) is 1. The summed E-state index contributed by atoms with van der Waals surface area (Å²) in [6.45, 7) is -1.81. The van der Waals surface area contributed by atoms with E-state index in [1.54, 1.807) is 0 Å². The second-order valence-electron chi connectivity index (χ2n) is 8.34. The van der Waals surface area contributed by atoms with Crippen molar-refractivity contribution in [3.05, 3.63) is 89.5 Å². The Hall–Kier alpha value is -3.55. The summed E-state index contributed by atoms with van der Waals surface area (Å²) in [4.78, 5) is 0.849. The molecular formula is C25H18F11NO2. The Bertz CT molecular complexity index is 1270. The number of halogens is 11. The summed E-state index contributed by atoms with van der Waals surface area (Å²) in [5, 5.41) is 9.62. The first-order valence-corrected chi connectivity index (χ1v) is 10.9. The summed E-state index contributed by atoms with van der Waals surface area (Å²) in [5.41, 5.74) is -2.81. The first kappa shape index (κ1) is 30.0. The zero-order valence-corrected chi connectivity index (χ0v) is 19.4. The maximum absolute atomic E-state index is 13.8. The van der Waals surface area contributed by atoms with Gasteiger partial charge in [0, 0.05) is 23.9 Å². The minimum absolute atomic E-state index is 0.101. The number of rotatable bonds is 8. The summed E-state index contributed by atoms with van der Waals surface area (Å²) in [5.74, 6) is -5.63. The zero-order chi connectivity index (χ0) is 29.2. The van der Waals surface area contributed by atoms with Gasteiger partial charge in [0.05, 0.1) is 12.1 Å². The minimum Gasteiger partial charge on any atom is -0.457 e. The van der Waals surface area contributed by atoms with Gasteiger partial charge in [-0.05, 0) is 42.0 Å². The normalized spacial score (nSPS) is 13.7. The highest BCUT2D eigenvalue weighted by molar-refractivity contribution is 5.52. The number of hydrogen-bond donors (Lipinski definition) is 1. The molecule has 0 radical (unpaired) electrons. The van der Waals surface area contributed by atoms with Gasteiger partial charge in [0.2, 0.25) is 0 Å². The van der Waals surface area contributed by atoms with Crippen LogP contribution in [-0.2, 0) is 18.6 Å². The summed E-state index contributed by atoms with van der Waals surface area (Å²) in [7, 11) is 0. The molecule has 0 aliphatic rings. The van der Waals surface area contributed by atoms with Crippen molar-refractivity contribution in [2.24, 2.45) is 0 Å². The van der Waals surface area contributed by atoms with Gasteiger partial charge in [-0.1, -0.05) is 30.3 Å². The van der Waals surface area contributed by atoms with E-state index in [0.717, 1.165) is 35.2 Å². The Balaban J connectivity index is 1.95. The number of nitrogens with zero attached hydrogens (tertiary/aromatic N) is 1. The molecule has 0 aliphatic carbocycles. The van der Waals surface area contributed by atoms with Gasteiger partial charge in [-0.3, -0.25) is 0 Å². The molecule has 0 heterocycles. The molecule has 0 saturated carbocycles. The molecule has 0 aromatic heterocycles. The predicted octanol–water partition coefficient (Wildman–Crippen LogP) is 8.08. The molecule has 14 heteroatoms. The molecule has 212 valence electrons. The average molecular weight is 573 g/mol. The largest absolute Gasteiger partial charge is 0.458 e. The summed E-state index contributed by atoms with van der Waals surface area (Å²) in [6, 6.07) is 11.6. The molecule has 1 atom stereocenters. The van der Waals surface area contributed by atoms with Crippen LogP contribution in [0.5, 0.6) is 11.5 Å². The lowest BCUT2D eigenvalue weighted by Crippen LogP contribution is -2.41. The third-order valence-corrected chi connectivity index (χ3v) is 5.37. The fourth-order valence-corrected chi connectivity index (χ4v) is 3.44. The molecule has 0 spiro atoms. The van der Waals surface area contributed by atoms with Crippen LogP contribution in [0, 0.1) is 0 Å². The molecule has 3 rings (SSSR count). The van der Waals surface area contributed by atoms with E-state index < -0.39 is 54.8 Å². The van der Waals surface area contributed by atoms with E-state index in [9.17, 15) is 53.4 Å². The second kappa shape index (κ2) is 10.9. The van der Waals surface area contributed by atoms with Gasteiger partial charge in [0.15, 0.2) is 6.10 Å². The third-order valence-electron chi connectivity index (χ3n) is 5.37. The predicted molar refractivity (Wildman–Crippen MR) is 117 cm³/mol. The molecule has 0 saturated heterocycles. The lowest BCUT2D eigenvalue weighted by atomic mass is 10.0. The maximum Gasteiger partial charge on any atom is 0.458 e. The Morgan fingerprint density at radius 2 is 1.26 bits per heavy atom. The van der Waals surface area contributed by atoms with Crippen LogP contribution >= 0.6 is 0 Å². The van der Waals surface area contributed by atoms with Crippen molar-refractivity contribution >= 4 is 5.69 Å². The van der Waals surface area contributed by atoms with Gasteiger partial charge >= 0.3 is 24.5 Å². The number of anilines is 1. The van der Waals surface area contributed by atoms with Crippen LogP contribution in [0.2, 0.25) is 0 Å². The third kappa shape index (κ3) is 7.52. The van der Waals surface area contributed by atoms with Crippen LogP contribution in [0.1, 0.15) is 16.7 Å². The Morgan fingerprint density at radius 3 is 1.85 bits per heavy atom. The molecule has 1 N–H and O–H groups in total. The Labute approximate surface area is 214 Å². The van der Waals surface area contributed by atoms with E-state index in [1.807, 2.05) is 0 Å². The van der Waals surface area contributed by atoms with Crippen molar-refractivity contribution < 1.29 is 58.1 Å². The minimum atomic E-state index is -5.92. The van der Waals surface area contributed by atoms with Crippen LogP contribution < -0.4 is 9.64 Å². The van der Waals surface area contributed by atoms with E-state index in [4.69, 9.17) is 4.74 Å². The van der Waals surface area contributed by atoms with Crippen LogP contribution in [-0.4, -0.2) is 30.1 Å². The van der Waals surface area contributed by atoms with Gasteiger partial charge in [0.1, 0.15) is 11.5 Å². The van der Waals surface area contributed by atoms with Crippen LogP contribution in [0.15, 0.2) is 72.8 Å². The summed E-state index contributed by atoms with van der Waals surface area (Å²) < 4.78 is 150. The zero-order valence-electron chi connectivity index (χ0n) is 19.4. The SMILES string of the molecule is OC(CN(Cc1cccc(C(F)(F)C(F)(F)F)c1)c1cccc(Oc2cccc(C(F)(F)F)c2)c1)C(F)(F)F. The van der Waals surface area contributed by atoms with E-state index in [2.05, 4.69) is 0 Å². The first-order valence-electron chi connectivity index (χ1n) is 10.9. The van der Waals surface area contributed by atoms with E-state index >= 15 is 0 Å². The van der Waals surface area contributed by atoms with Crippen molar-refractivity contribution in [3.63, 3.8) is 0 Å². The standard InChI is InChI=1S/C25H18F11NO2/c26-22(27,25(34,35)36)16-5-1-4-15(10-16)13-37(14-21(38)24(31,32)33)18-7-3-9-20(12-18)39-19-8-2-6-17(11-19)23(28,29)30/h1-12,21,38H,13-14H2. The highest BCUT2D eigenvalue weighted by Crippen LogP contribution is 2.44. The van der Waals surface area contributed by atoms with Crippen molar-refractivity contribution in [3.8, 4) is 11.5 Å². The van der Waals surface area contributed by atoms with E-state index in [0.29, 0.717) is 18.2 Å². The summed E-state index contributed by atoms with van der Waals surface area (Å²) in [6.07, 6.45) is -18.6. The van der Waals surface area contributed by atoms with Crippen LogP contribution in [0.4, 0.5) is 54.0 Å². The molecule has 0 fully saturated rings. The van der Waals surface area contributed by atoms with Crippen molar-refractivity contribution in [2.75, 3.05) is 11.4 Å². The second-order valence-corrected chi connectivity index (χ2v) is 8.34. The molecule has 0 aliphatic heterocycles. The molecule has 0 bridgehead atoms. The Kier molecular flexibility index (Phi) is 8.39. The van der Waals surface area contributed by atoms with Gasteiger partial charge < -0.3 is 14.7 Å². The number of hydrogen-bond acceptors (Lipinski definition) is 3. The molecular weight excluding hydrogens is 555 g/mol. The number of aliphatic hydroxyl groups is 1. The lowest BCUT2D eigenvalue weighted by Gasteiger charge is -2.29. The van der Waals surface area contributed by atoms with Gasteiger partial charge in [-0.2, -0.15) is 48.3 Å². The van der Waals surface area contributed by atoms with Gasteiger partial charge in [0.25, 0.3) is 0 Å². The van der Waals surface area contributed by atoms with Crippen LogP contribution in [0.25, 0.3) is 0 Å². The number of alkyl halides is 11.